The first kappa shape index (κ1) is 27.2. The standard InChI is InChI=1S/C29H32N2O6S/c1-29(2,3)37-28(32)31(16-17-35-21-22-10-6-4-7-11-22)20-23-14-15-24-19-27(36-26(24)18-23)38(33,34)30-25-12-8-5-9-13-25/h4-15,18-19,30H,16-17,20-21H2,1-3H3. The third-order valence-corrected chi connectivity index (χ3v) is 6.73. The molecule has 0 spiro atoms. The Morgan fingerprint density at radius 1 is 0.921 bits per heavy atom. The monoisotopic (exact) mass is 536 g/mol. The van der Waals surface area contributed by atoms with Gasteiger partial charge in [-0.25, -0.2) is 4.79 Å². The van der Waals surface area contributed by atoms with Gasteiger partial charge in [0.2, 0.25) is 5.09 Å². The summed E-state index contributed by atoms with van der Waals surface area (Å²) in [5, 5.41) is 0.448. The summed E-state index contributed by atoms with van der Waals surface area (Å²) in [5.74, 6) is 0. The lowest BCUT2D eigenvalue weighted by Crippen LogP contribution is -2.38. The minimum atomic E-state index is -3.90. The molecule has 1 amide bonds. The maximum Gasteiger partial charge on any atom is 0.410 e. The second kappa shape index (κ2) is 11.7. The van der Waals surface area contributed by atoms with Crippen molar-refractivity contribution in [1.29, 1.82) is 0 Å². The molecule has 8 nitrogen and oxygen atoms in total. The summed E-state index contributed by atoms with van der Waals surface area (Å²) in [7, 11) is -3.90. The van der Waals surface area contributed by atoms with Crippen LogP contribution in [0.5, 0.6) is 0 Å². The van der Waals surface area contributed by atoms with Gasteiger partial charge >= 0.3 is 6.09 Å². The lowest BCUT2D eigenvalue weighted by atomic mass is 10.1. The molecule has 0 unspecified atom stereocenters. The number of rotatable bonds is 10. The molecule has 0 aliphatic rings. The van der Waals surface area contributed by atoms with E-state index in [0.29, 0.717) is 36.4 Å². The number of amides is 1. The number of fused-ring (bicyclic) bond motifs is 1. The number of anilines is 1. The van der Waals surface area contributed by atoms with Gasteiger partial charge < -0.3 is 18.8 Å². The van der Waals surface area contributed by atoms with Crippen molar-refractivity contribution in [2.75, 3.05) is 17.9 Å². The van der Waals surface area contributed by atoms with E-state index in [2.05, 4.69) is 4.72 Å². The molecule has 0 fully saturated rings. The first-order valence-corrected chi connectivity index (χ1v) is 13.8. The van der Waals surface area contributed by atoms with Gasteiger partial charge in [0, 0.05) is 30.2 Å². The van der Waals surface area contributed by atoms with Gasteiger partial charge in [0.15, 0.2) is 0 Å². The van der Waals surface area contributed by atoms with E-state index in [9.17, 15) is 13.2 Å². The molecular weight excluding hydrogens is 504 g/mol. The molecule has 200 valence electrons. The normalized spacial score (nSPS) is 11.9. The fourth-order valence-corrected chi connectivity index (χ4v) is 4.74. The molecule has 0 saturated heterocycles. The summed E-state index contributed by atoms with van der Waals surface area (Å²) in [5.41, 5.74) is 2.00. The zero-order valence-electron chi connectivity index (χ0n) is 21.7. The van der Waals surface area contributed by atoms with Crippen LogP contribution < -0.4 is 4.72 Å². The summed E-state index contributed by atoms with van der Waals surface area (Å²) in [6, 6.07) is 25.2. The maximum absolute atomic E-state index is 12.9. The van der Waals surface area contributed by atoms with Crippen molar-refractivity contribution in [2.24, 2.45) is 0 Å². The van der Waals surface area contributed by atoms with Crippen molar-refractivity contribution in [3.05, 3.63) is 96.1 Å². The van der Waals surface area contributed by atoms with Gasteiger partial charge in [0.1, 0.15) is 11.2 Å². The summed E-state index contributed by atoms with van der Waals surface area (Å²) in [6.45, 7) is 6.77. The molecule has 1 N–H and O–H groups in total. The van der Waals surface area contributed by atoms with Crippen LogP contribution in [0.25, 0.3) is 11.0 Å². The quantitative estimate of drug-likeness (QED) is 0.243. The topological polar surface area (TPSA) is 98.1 Å². The van der Waals surface area contributed by atoms with Crippen LogP contribution in [0.15, 0.2) is 94.4 Å². The van der Waals surface area contributed by atoms with E-state index in [1.807, 2.05) is 57.2 Å². The second-order valence-corrected chi connectivity index (χ2v) is 11.5. The number of ether oxygens (including phenoxy) is 2. The fourth-order valence-electron chi connectivity index (χ4n) is 3.71. The van der Waals surface area contributed by atoms with Crippen LogP contribution in [0.3, 0.4) is 0 Å². The third-order valence-electron chi connectivity index (χ3n) is 5.49. The SMILES string of the molecule is CC(C)(C)OC(=O)N(CCOCc1ccccc1)Cc1ccc2cc(S(=O)(=O)Nc3ccccc3)oc2c1. The second-order valence-electron chi connectivity index (χ2n) is 9.85. The number of sulfonamides is 1. The number of para-hydroxylation sites is 1. The van der Waals surface area contributed by atoms with E-state index in [4.69, 9.17) is 13.9 Å². The Kier molecular flexibility index (Phi) is 8.38. The van der Waals surface area contributed by atoms with Crippen molar-refractivity contribution in [3.63, 3.8) is 0 Å². The summed E-state index contributed by atoms with van der Waals surface area (Å²) in [4.78, 5) is 14.5. The van der Waals surface area contributed by atoms with Crippen molar-refractivity contribution >= 4 is 32.8 Å². The molecule has 0 saturated carbocycles. The average molecular weight is 537 g/mol. The number of benzene rings is 3. The largest absolute Gasteiger partial charge is 0.444 e. The minimum absolute atomic E-state index is 0.188. The van der Waals surface area contributed by atoms with Crippen LogP contribution in [-0.2, 0) is 32.6 Å². The molecule has 0 atom stereocenters. The zero-order valence-corrected chi connectivity index (χ0v) is 22.5. The molecule has 0 bridgehead atoms. The molecule has 9 heteroatoms. The van der Waals surface area contributed by atoms with Crippen LogP contribution in [0.4, 0.5) is 10.5 Å². The third kappa shape index (κ3) is 7.60. The van der Waals surface area contributed by atoms with Gasteiger partial charge in [-0.1, -0.05) is 60.7 Å². The molecule has 1 aromatic heterocycles. The number of carbonyl (C=O) groups is 1. The zero-order chi connectivity index (χ0) is 27.2. The summed E-state index contributed by atoms with van der Waals surface area (Å²) in [6.07, 6.45) is -0.462. The Bertz CT molecular complexity index is 1460. The van der Waals surface area contributed by atoms with Crippen molar-refractivity contribution < 1.29 is 27.1 Å². The van der Waals surface area contributed by atoms with E-state index < -0.39 is 21.7 Å². The lowest BCUT2D eigenvalue weighted by molar-refractivity contribution is 0.0145. The van der Waals surface area contributed by atoms with E-state index in [1.54, 1.807) is 47.4 Å². The fraction of sp³-hybridized carbons (Fsp3) is 0.276. The van der Waals surface area contributed by atoms with Crippen LogP contribution in [0, 0.1) is 0 Å². The lowest BCUT2D eigenvalue weighted by Gasteiger charge is -2.27. The number of hydrogen-bond donors (Lipinski definition) is 1. The van der Waals surface area contributed by atoms with E-state index in [-0.39, 0.29) is 11.6 Å². The number of hydrogen-bond acceptors (Lipinski definition) is 6. The van der Waals surface area contributed by atoms with Crippen molar-refractivity contribution in [1.82, 2.24) is 4.90 Å². The Hall–Kier alpha value is -3.82. The van der Waals surface area contributed by atoms with Gasteiger partial charge in [0.05, 0.1) is 13.2 Å². The van der Waals surface area contributed by atoms with Gasteiger partial charge in [-0.05, 0) is 50.1 Å². The van der Waals surface area contributed by atoms with Gasteiger partial charge in [-0.2, -0.15) is 8.42 Å². The smallest absolute Gasteiger partial charge is 0.410 e. The molecule has 38 heavy (non-hydrogen) atoms. The van der Waals surface area contributed by atoms with Crippen LogP contribution in [-0.4, -0.2) is 38.2 Å². The van der Waals surface area contributed by atoms with Crippen LogP contribution in [0.1, 0.15) is 31.9 Å². The first-order chi connectivity index (χ1) is 18.1. The highest BCUT2D eigenvalue weighted by Gasteiger charge is 2.23. The summed E-state index contributed by atoms with van der Waals surface area (Å²) < 4.78 is 45.2. The van der Waals surface area contributed by atoms with E-state index >= 15 is 0 Å². The number of furan rings is 1. The molecule has 4 rings (SSSR count). The summed E-state index contributed by atoms with van der Waals surface area (Å²) >= 11 is 0. The van der Waals surface area contributed by atoms with Crippen molar-refractivity contribution in [3.8, 4) is 0 Å². The van der Waals surface area contributed by atoms with Gasteiger partial charge in [-0.3, -0.25) is 4.72 Å². The minimum Gasteiger partial charge on any atom is -0.444 e. The molecule has 0 radical (unpaired) electrons. The molecule has 4 aromatic rings. The van der Waals surface area contributed by atoms with Gasteiger partial charge in [0.25, 0.3) is 10.0 Å². The predicted octanol–water partition coefficient (Wildman–Crippen LogP) is 6.19. The number of nitrogens with zero attached hydrogens (tertiary/aromatic N) is 1. The van der Waals surface area contributed by atoms with Gasteiger partial charge in [-0.15, -0.1) is 0 Å². The highest BCUT2D eigenvalue weighted by atomic mass is 32.2. The molecule has 1 heterocycles. The number of nitrogens with one attached hydrogen (secondary N) is 1. The highest BCUT2D eigenvalue weighted by Crippen LogP contribution is 2.26. The molecule has 0 aliphatic carbocycles. The molecular formula is C29H32N2O6S. The number of carbonyl (C=O) groups excluding carboxylic acids is 1. The first-order valence-electron chi connectivity index (χ1n) is 12.3. The van der Waals surface area contributed by atoms with Crippen LogP contribution >= 0.6 is 0 Å². The molecule has 3 aromatic carbocycles. The highest BCUT2D eigenvalue weighted by molar-refractivity contribution is 7.92. The van der Waals surface area contributed by atoms with E-state index in [1.165, 1.54) is 6.07 Å². The molecule has 0 aliphatic heterocycles. The Labute approximate surface area is 223 Å². The predicted molar refractivity (Wildman–Crippen MR) is 146 cm³/mol. The maximum atomic E-state index is 12.9. The Morgan fingerprint density at radius 3 is 2.29 bits per heavy atom. The average Bonchev–Trinajstić information content (AvgIpc) is 3.30. The van der Waals surface area contributed by atoms with Crippen LogP contribution in [0.2, 0.25) is 0 Å². The van der Waals surface area contributed by atoms with E-state index in [0.717, 1.165) is 11.1 Å². The Balaban J connectivity index is 1.47. The van der Waals surface area contributed by atoms with Crippen molar-refractivity contribution in [2.45, 2.75) is 44.6 Å². The Morgan fingerprint density at radius 2 is 1.61 bits per heavy atom.